The van der Waals surface area contributed by atoms with Crippen LogP contribution in [0.1, 0.15) is 0 Å². The van der Waals surface area contributed by atoms with Gasteiger partial charge in [0.25, 0.3) is 5.69 Å². The Kier molecular flexibility index (Phi) is 4.38. The molecule has 0 radical (unpaired) electrons. The molecule has 2 aromatic rings. The Morgan fingerprint density at radius 2 is 2.05 bits per heavy atom. The third-order valence-electron chi connectivity index (χ3n) is 2.38. The number of nitrogens with two attached hydrogens (primary N) is 1. The summed E-state index contributed by atoms with van der Waals surface area (Å²) in [6.07, 6.45) is 0. The van der Waals surface area contributed by atoms with Gasteiger partial charge in [-0.3, -0.25) is 10.1 Å². The van der Waals surface area contributed by atoms with Crippen LogP contribution in [-0.2, 0) is 0 Å². The molecule has 1 aromatic heterocycles. The molecule has 0 unspecified atom stereocenters. The van der Waals surface area contributed by atoms with E-state index in [0.717, 1.165) is 0 Å². The molecular weight excluding hydrogens is 350 g/mol. The Labute approximate surface area is 127 Å². The molecule has 104 valence electrons. The van der Waals surface area contributed by atoms with Gasteiger partial charge in [0, 0.05) is 0 Å². The molecule has 2 rings (SSSR count). The molecule has 0 aliphatic carbocycles. The summed E-state index contributed by atoms with van der Waals surface area (Å²) in [5, 5.41) is 14.3. The second kappa shape index (κ2) is 6.04. The molecule has 0 atom stereocenters. The normalized spacial score (nSPS) is 10.2. The zero-order valence-electron chi connectivity index (χ0n) is 9.93. The quantitative estimate of drug-likeness (QED) is 0.439. The van der Waals surface area contributed by atoms with Crippen molar-refractivity contribution < 1.29 is 4.92 Å². The molecule has 0 aliphatic heterocycles. The van der Waals surface area contributed by atoms with Gasteiger partial charge in [-0.2, -0.15) is 0 Å². The zero-order valence-corrected chi connectivity index (χ0v) is 12.3. The van der Waals surface area contributed by atoms with Crippen LogP contribution in [-0.4, -0.2) is 9.91 Å². The molecule has 0 saturated heterocycles. The van der Waals surface area contributed by atoms with Gasteiger partial charge in [0.2, 0.25) is 0 Å². The lowest BCUT2D eigenvalue weighted by Gasteiger charge is -2.10. The van der Waals surface area contributed by atoms with Crippen molar-refractivity contribution in [1.82, 2.24) is 4.98 Å². The van der Waals surface area contributed by atoms with Crippen molar-refractivity contribution in [2.24, 2.45) is 5.84 Å². The van der Waals surface area contributed by atoms with Gasteiger partial charge in [-0.25, -0.2) is 10.8 Å². The van der Waals surface area contributed by atoms with Crippen molar-refractivity contribution >= 4 is 50.5 Å². The minimum atomic E-state index is -0.527. The minimum absolute atomic E-state index is 0.131. The molecule has 20 heavy (non-hydrogen) atoms. The highest BCUT2D eigenvalue weighted by Crippen LogP contribution is 2.32. The number of rotatable bonds is 4. The number of halogens is 2. The standard InChI is InChI=1S/C11H9BrClN5O2/c12-11-7(13)2-1-3-8(11)15-9-4-6(18(19)20)5-10(16-9)17-14/h1-5H,14H2,(H2,15,16,17). The molecule has 0 spiro atoms. The predicted molar refractivity (Wildman–Crippen MR) is 81.1 cm³/mol. The van der Waals surface area contributed by atoms with Gasteiger partial charge in [-0.15, -0.1) is 0 Å². The largest absolute Gasteiger partial charge is 0.339 e. The third-order valence-corrected chi connectivity index (χ3v) is 3.78. The fourth-order valence-corrected chi connectivity index (χ4v) is 2.04. The maximum Gasteiger partial charge on any atom is 0.276 e. The molecule has 1 heterocycles. The monoisotopic (exact) mass is 357 g/mol. The topological polar surface area (TPSA) is 106 Å². The van der Waals surface area contributed by atoms with E-state index in [-0.39, 0.29) is 17.3 Å². The van der Waals surface area contributed by atoms with Crippen LogP contribution in [0.25, 0.3) is 0 Å². The number of aromatic nitrogens is 1. The summed E-state index contributed by atoms with van der Waals surface area (Å²) < 4.78 is 0.636. The summed E-state index contributed by atoms with van der Waals surface area (Å²) in [6.45, 7) is 0. The average molecular weight is 359 g/mol. The van der Waals surface area contributed by atoms with Crippen LogP contribution in [0.15, 0.2) is 34.8 Å². The van der Waals surface area contributed by atoms with E-state index in [1.165, 1.54) is 12.1 Å². The maximum absolute atomic E-state index is 10.8. The number of anilines is 3. The lowest BCUT2D eigenvalue weighted by molar-refractivity contribution is -0.384. The second-order valence-corrected chi connectivity index (χ2v) is 4.92. The highest BCUT2D eigenvalue weighted by molar-refractivity contribution is 9.10. The van der Waals surface area contributed by atoms with Crippen LogP contribution in [0.3, 0.4) is 0 Å². The van der Waals surface area contributed by atoms with Crippen molar-refractivity contribution in [3.8, 4) is 0 Å². The van der Waals surface area contributed by atoms with Crippen LogP contribution in [0.5, 0.6) is 0 Å². The molecule has 1 aromatic carbocycles. The van der Waals surface area contributed by atoms with Crippen molar-refractivity contribution in [2.45, 2.75) is 0 Å². The number of hydrogen-bond donors (Lipinski definition) is 3. The lowest BCUT2D eigenvalue weighted by Crippen LogP contribution is -2.10. The Morgan fingerprint density at radius 1 is 1.35 bits per heavy atom. The number of nitrogens with one attached hydrogen (secondary N) is 2. The van der Waals surface area contributed by atoms with Gasteiger partial charge in [0.05, 0.1) is 32.2 Å². The van der Waals surface area contributed by atoms with E-state index >= 15 is 0 Å². The number of pyridine rings is 1. The third kappa shape index (κ3) is 3.16. The Bertz CT molecular complexity index is 667. The van der Waals surface area contributed by atoms with Crippen LogP contribution >= 0.6 is 27.5 Å². The smallest absolute Gasteiger partial charge is 0.276 e. The molecule has 0 amide bonds. The van der Waals surface area contributed by atoms with Gasteiger partial charge in [-0.05, 0) is 28.1 Å². The van der Waals surface area contributed by atoms with Crippen molar-refractivity contribution in [1.29, 1.82) is 0 Å². The Morgan fingerprint density at radius 3 is 2.70 bits per heavy atom. The second-order valence-electron chi connectivity index (χ2n) is 3.72. The fourth-order valence-electron chi connectivity index (χ4n) is 1.50. The van der Waals surface area contributed by atoms with E-state index in [0.29, 0.717) is 15.2 Å². The summed E-state index contributed by atoms with van der Waals surface area (Å²) in [5.74, 6) is 5.70. The number of nitrogen functional groups attached to an aromatic ring is 1. The number of benzene rings is 1. The van der Waals surface area contributed by atoms with E-state index in [9.17, 15) is 10.1 Å². The first-order valence-corrected chi connectivity index (χ1v) is 6.52. The molecule has 7 nitrogen and oxygen atoms in total. The number of nitro groups is 1. The molecule has 0 bridgehead atoms. The van der Waals surface area contributed by atoms with Crippen LogP contribution in [0.4, 0.5) is 23.0 Å². The van der Waals surface area contributed by atoms with Gasteiger partial charge < -0.3 is 10.7 Å². The van der Waals surface area contributed by atoms with E-state index in [1.54, 1.807) is 18.2 Å². The van der Waals surface area contributed by atoms with Gasteiger partial charge >= 0.3 is 0 Å². The van der Waals surface area contributed by atoms with Crippen LogP contribution in [0.2, 0.25) is 5.02 Å². The first-order chi connectivity index (χ1) is 9.51. The highest BCUT2D eigenvalue weighted by Gasteiger charge is 2.12. The van der Waals surface area contributed by atoms with Crippen LogP contribution < -0.4 is 16.6 Å². The molecule has 0 fully saturated rings. The highest BCUT2D eigenvalue weighted by atomic mass is 79.9. The molecular formula is C11H9BrClN5O2. The van der Waals surface area contributed by atoms with Crippen LogP contribution in [0, 0.1) is 10.1 Å². The molecule has 0 saturated carbocycles. The fraction of sp³-hybridized carbons (Fsp3) is 0. The minimum Gasteiger partial charge on any atom is -0.339 e. The van der Waals surface area contributed by atoms with Gasteiger partial charge in [-0.1, -0.05) is 17.7 Å². The molecule has 4 N–H and O–H groups in total. The number of hydrogen-bond acceptors (Lipinski definition) is 6. The predicted octanol–water partition coefficient (Wildman–Crippen LogP) is 3.43. The molecule has 0 aliphatic rings. The first kappa shape index (κ1) is 14.5. The summed E-state index contributed by atoms with van der Waals surface area (Å²) in [6, 6.07) is 7.75. The average Bonchev–Trinajstić information content (AvgIpc) is 2.43. The Hall–Kier alpha value is -1.90. The lowest BCUT2D eigenvalue weighted by atomic mass is 10.3. The van der Waals surface area contributed by atoms with Gasteiger partial charge in [0.1, 0.15) is 11.6 Å². The van der Waals surface area contributed by atoms with E-state index in [1.807, 2.05) is 0 Å². The van der Waals surface area contributed by atoms with E-state index in [4.69, 9.17) is 17.4 Å². The van der Waals surface area contributed by atoms with Gasteiger partial charge in [0.15, 0.2) is 0 Å². The van der Waals surface area contributed by atoms with Crippen molar-refractivity contribution in [3.63, 3.8) is 0 Å². The zero-order chi connectivity index (χ0) is 14.7. The van der Waals surface area contributed by atoms with Crippen molar-refractivity contribution in [3.05, 3.63) is 49.9 Å². The summed E-state index contributed by atoms with van der Waals surface area (Å²) >= 11 is 9.30. The maximum atomic E-state index is 10.8. The van der Waals surface area contributed by atoms with E-state index < -0.39 is 4.92 Å². The number of nitrogens with zero attached hydrogens (tertiary/aromatic N) is 2. The SMILES string of the molecule is NNc1cc([N+](=O)[O-])cc(Nc2cccc(Cl)c2Br)n1. The first-order valence-electron chi connectivity index (χ1n) is 5.35. The van der Waals surface area contributed by atoms with E-state index in [2.05, 4.69) is 31.7 Å². The summed E-state index contributed by atoms with van der Waals surface area (Å²) in [4.78, 5) is 14.4. The Balaban J connectivity index is 2.40. The van der Waals surface area contributed by atoms with Crippen molar-refractivity contribution in [2.75, 3.05) is 10.7 Å². The number of hydrazine groups is 1. The molecule has 9 heteroatoms. The summed E-state index contributed by atoms with van der Waals surface area (Å²) in [5.41, 5.74) is 2.78. The summed E-state index contributed by atoms with van der Waals surface area (Å²) in [7, 11) is 0.